The van der Waals surface area contributed by atoms with Gasteiger partial charge in [0.05, 0.1) is 10.0 Å². The summed E-state index contributed by atoms with van der Waals surface area (Å²) < 4.78 is 33.6. The Labute approximate surface area is 257 Å². The maximum atomic E-state index is 13.9. The van der Waals surface area contributed by atoms with Gasteiger partial charge in [0.2, 0.25) is 0 Å². The van der Waals surface area contributed by atoms with E-state index in [0.717, 1.165) is 12.1 Å². The van der Waals surface area contributed by atoms with E-state index >= 15 is 0 Å². The molecule has 0 atom stereocenters. The van der Waals surface area contributed by atoms with Gasteiger partial charge in [-0.15, -0.1) is 0 Å². The molecule has 0 saturated carbocycles. The average molecular weight is 620 g/mol. The highest BCUT2D eigenvalue weighted by atomic mass is 35.5. The van der Waals surface area contributed by atoms with Gasteiger partial charge in [-0.05, 0) is 80.1 Å². The van der Waals surface area contributed by atoms with Crippen molar-refractivity contribution >= 4 is 46.4 Å². The number of benzene rings is 4. The molecule has 218 valence electrons. The molecule has 0 aromatic heterocycles. The Bertz CT molecular complexity index is 1700. The van der Waals surface area contributed by atoms with E-state index in [9.17, 15) is 18.4 Å². The van der Waals surface area contributed by atoms with E-state index in [2.05, 4.69) is 16.0 Å². The summed E-state index contributed by atoms with van der Waals surface area (Å²) in [5, 5.41) is 8.38. The fourth-order valence-corrected chi connectivity index (χ4v) is 5.22. The third-order valence-electron chi connectivity index (χ3n) is 6.77. The Balaban J connectivity index is 1.57. The summed E-state index contributed by atoms with van der Waals surface area (Å²) in [6, 6.07) is 24.0. The zero-order valence-corrected chi connectivity index (χ0v) is 24.5. The van der Waals surface area contributed by atoms with Crippen LogP contribution in [-0.4, -0.2) is 11.8 Å². The van der Waals surface area contributed by atoms with Gasteiger partial charge >= 0.3 is 0 Å². The van der Waals surface area contributed by atoms with Gasteiger partial charge in [-0.2, -0.15) is 0 Å². The van der Waals surface area contributed by atoms with E-state index in [1.807, 2.05) is 30.3 Å². The minimum Gasteiger partial charge on any atom is -0.457 e. The number of anilines is 2. The highest BCUT2D eigenvalue weighted by Crippen LogP contribution is 2.41. The van der Waals surface area contributed by atoms with Crippen molar-refractivity contribution in [1.29, 1.82) is 0 Å². The molecule has 1 aliphatic rings. The molecule has 4 aromatic rings. The SMILES string of the molecule is CC1=C(C(=O)Nc2ccc(F)c(Cl)c2)C(c2cccc(Oc3ccccc3)c2)C(C(=O)Nc2ccc(F)c(Cl)c2)=C(C)N1. The molecular formula is C33H25Cl2F2N3O3. The molecule has 43 heavy (non-hydrogen) atoms. The fraction of sp³-hybridized carbons (Fsp3) is 0.0909. The first-order valence-electron chi connectivity index (χ1n) is 13.1. The van der Waals surface area contributed by atoms with Crippen LogP contribution in [0.15, 0.2) is 114 Å². The van der Waals surface area contributed by atoms with Gasteiger partial charge in [-0.25, -0.2) is 8.78 Å². The average Bonchev–Trinajstić information content (AvgIpc) is 2.97. The van der Waals surface area contributed by atoms with Crippen molar-refractivity contribution < 1.29 is 23.1 Å². The predicted molar refractivity (Wildman–Crippen MR) is 164 cm³/mol. The van der Waals surface area contributed by atoms with Crippen LogP contribution in [0.4, 0.5) is 20.2 Å². The minimum absolute atomic E-state index is 0.152. The summed E-state index contributed by atoms with van der Waals surface area (Å²) in [7, 11) is 0. The lowest BCUT2D eigenvalue weighted by Gasteiger charge is -2.31. The number of halogens is 4. The van der Waals surface area contributed by atoms with Crippen LogP contribution in [0.2, 0.25) is 10.0 Å². The molecule has 0 aliphatic carbocycles. The second-order valence-corrected chi connectivity index (χ2v) is 10.6. The second-order valence-electron chi connectivity index (χ2n) is 9.79. The maximum Gasteiger partial charge on any atom is 0.254 e. The molecule has 4 aromatic carbocycles. The predicted octanol–water partition coefficient (Wildman–Crippen LogP) is 8.58. The standard InChI is InChI=1S/C33H25Cl2F2N3O3/c1-18-29(32(41)39-21-11-13-27(36)25(34)16-21)31(20-7-6-10-24(15-20)43-23-8-4-3-5-9-23)30(19(2)38-18)33(42)40-22-12-14-28(37)26(35)17-22/h3-17,31,38H,1-2H3,(H,39,41)(H,40,42). The molecule has 3 N–H and O–H groups in total. The zero-order valence-electron chi connectivity index (χ0n) is 23.0. The number of para-hydroxylation sites is 1. The first-order chi connectivity index (χ1) is 20.6. The molecular weight excluding hydrogens is 595 g/mol. The van der Waals surface area contributed by atoms with Crippen molar-refractivity contribution in [3.63, 3.8) is 0 Å². The van der Waals surface area contributed by atoms with Crippen LogP contribution in [0.25, 0.3) is 0 Å². The van der Waals surface area contributed by atoms with Crippen molar-refractivity contribution in [3.8, 4) is 11.5 Å². The summed E-state index contributed by atoms with van der Waals surface area (Å²) in [5.41, 5.74) is 2.63. The van der Waals surface area contributed by atoms with Crippen LogP contribution in [0.5, 0.6) is 11.5 Å². The summed E-state index contributed by atoms with van der Waals surface area (Å²) >= 11 is 11.9. The highest BCUT2D eigenvalue weighted by molar-refractivity contribution is 6.31. The zero-order chi connectivity index (χ0) is 30.7. The molecule has 6 nitrogen and oxygen atoms in total. The van der Waals surface area contributed by atoms with Gasteiger partial charge < -0.3 is 20.7 Å². The Morgan fingerprint density at radius 3 is 1.72 bits per heavy atom. The van der Waals surface area contributed by atoms with E-state index in [4.69, 9.17) is 27.9 Å². The summed E-state index contributed by atoms with van der Waals surface area (Å²) in [4.78, 5) is 27.7. The van der Waals surface area contributed by atoms with E-state index in [-0.39, 0.29) is 32.6 Å². The van der Waals surface area contributed by atoms with Crippen molar-refractivity contribution in [2.45, 2.75) is 19.8 Å². The number of dihydropyridines is 1. The van der Waals surface area contributed by atoms with Crippen LogP contribution in [0, 0.1) is 11.6 Å². The summed E-state index contributed by atoms with van der Waals surface area (Å²) in [5.74, 6) is -2.08. The lowest BCUT2D eigenvalue weighted by atomic mass is 9.79. The van der Waals surface area contributed by atoms with Gasteiger partial charge in [0, 0.05) is 39.8 Å². The minimum atomic E-state index is -0.868. The topological polar surface area (TPSA) is 79.5 Å². The van der Waals surface area contributed by atoms with Gasteiger partial charge in [0.15, 0.2) is 0 Å². The Kier molecular flexibility index (Phi) is 8.80. The number of allylic oxidation sites excluding steroid dienone is 2. The van der Waals surface area contributed by atoms with Gasteiger partial charge in [0.1, 0.15) is 23.1 Å². The van der Waals surface area contributed by atoms with Crippen molar-refractivity contribution in [2.24, 2.45) is 0 Å². The molecule has 5 rings (SSSR count). The number of nitrogens with one attached hydrogen (secondary N) is 3. The van der Waals surface area contributed by atoms with Crippen molar-refractivity contribution in [3.05, 3.63) is 141 Å². The molecule has 2 amide bonds. The molecule has 1 aliphatic heterocycles. The number of hydrogen-bond acceptors (Lipinski definition) is 4. The third kappa shape index (κ3) is 6.71. The normalized spacial score (nSPS) is 13.4. The van der Waals surface area contributed by atoms with Crippen molar-refractivity contribution in [2.75, 3.05) is 10.6 Å². The van der Waals surface area contributed by atoms with Crippen LogP contribution < -0.4 is 20.7 Å². The molecule has 0 saturated heterocycles. The Morgan fingerprint density at radius 2 is 1.21 bits per heavy atom. The second kappa shape index (κ2) is 12.7. The number of ether oxygens (including phenoxy) is 1. The number of carbonyl (C=O) groups excluding carboxylic acids is 2. The van der Waals surface area contributed by atoms with Gasteiger partial charge in [-0.1, -0.05) is 53.5 Å². The Morgan fingerprint density at radius 1 is 0.698 bits per heavy atom. The first-order valence-corrected chi connectivity index (χ1v) is 13.9. The molecule has 0 fully saturated rings. The van der Waals surface area contributed by atoms with E-state index in [1.165, 1.54) is 24.3 Å². The summed E-state index contributed by atoms with van der Waals surface area (Å²) in [6.45, 7) is 3.45. The molecule has 0 spiro atoms. The number of rotatable bonds is 7. The number of amides is 2. The van der Waals surface area contributed by atoms with Crippen LogP contribution >= 0.6 is 23.2 Å². The van der Waals surface area contributed by atoms with Crippen LogP contribution in [0.1, 0.15) is 25.3 Å². The third-order valence-corrected chi connectivity index (χ3v) is 7.35. The smallest absolute Gasteiger partial charge is 0.254 e. The lowest BCUT2D eigenvalue weighted by Crippen LogP contribution is -2.35. The number of carbonyl (C=O) groups is 2. The van der Waals surface area contributed by atoms with Crippen LogP contribution in [0.3, 0.4) is 0 Å². The van der Waals surface area contributed by atoms with Gasteiger partial charge in [0.25, 0.3) is 11.8 Å². The monoisotopic (exact) mass is 619 g/mol. The van der Waals surface area contributed by atoms with E-state index < -0.39 is 29.4 Å². The summed E-state index contributed by atoms with van der Waals surface area (Å²) in [6.07, 6.45) is 0. The molecule has 0 unspecified atom stereocenters. The lowest BCUT2D eigenvalue weighted by molar-refractivity contribution is -0.113. The molecule has 0 radical (unpaired) electrons. The first kappa shape index (κ1) is 29.8. The quantitative estimate of drug-likeness (QED) is 0.193. The molecule has 0 bridgehead atoms. The fourth-order valence-electron chi connectivity index (χ4n) is 4.86. The van der Waals surface area contributed by atoms with E-state index in [1.54, 1.807) is 38.1 Å². The maximum absolute atomic E-state index is 13.9. The molecule has 1 heterocycles. The molecule has 10 heteroatoms. The highest BCUT2D eigenvalue weighted by Gasteiger charge is 2.37. The van der Waals surface area contributed by atoms with Crippen LogP contribution in [-0.2, 0) is 9.59 Å². The number of hydrogen-bond donors (Lipinski definition) is 3. The Hall–Kier alpha value is -4.66. The largest absolute Gasteiger partial charge is 0.457 e. The van der Waals surface area contributed by atoms with Crippen molar-refractivity contribution in [1.82, 2.24) is 5.32 Å². The van der Waals surface area contributed by atoms with Gasteiger partial charge in [-0.3, -0.25) is 9.59 Å². The van der Waals surface area contributed by atoms with E-state index in [0.29, 0.717) is 28.5 Å².